The molecule has 0 aliphatic heterocycles. The maximum atomic E-state index is 5.23. The van der Waals surface area contributed by atoms with Crippen LogP contribution in [-0.4, -0.2) is 19.8 Å². The summed E-state index contributed by atoms with van der Waals surface area (Å²) in [6.45, 7) is 2.99. The molecule has 2 atom stereocenters. The maximum absolute atomic E-state index is 5.23. The van der Waals surface area contributed by atoms with Crippen LogP contribution in [0.2, 0.25) is 0 Å². The molecule has 2 rings (SSSR count). The van der Waals surface area contributed by atoms with Crippen LogP contribution in [0, 0.1) is 5.92 Å². The minimum Gasteiger partial charge on any atom is -0.383 e. The number of methoxy groups -OCH3 is 1. The molecule has 1 heterocycles. The number of hydrogen-bond acceptors (Lipinski definition) is 3. The molecule has 2 nitrogen and oxygen atoms in total. The second-order valence-electron chi connectivity index (χ2n) is 5.06. The zero-order valence-electron chi connectivity index (χ0n) is 10.8. The molecule has 0 spiro atoms. The van der Waals surface area contributed by atoms with Gasteiger partial charge in [-0.3, -0.25) is 0 Å². The fraction of sp³-hybridized carbons (Fsp3) is 0.714. The number of rotatable bonds is 6. The van der Waals surface area contributed by atoms with Gasteiger partial charge in [0.05, 0.1) is 6.61 Å². The van der Waals surface area contributed by atoms with Crippen LogP contribution in [0.3, 0.4) is 0 Å². The predicted molar refractivity (Wildman–Crippen MR) is 73.5 cm³/mol. The van der Waals surface area contributed by atoms with E-state index in [9.17, 15) is 0 Å². The number of hydrogen-bond donors (Lipinski definition) is 1. The van der Waals surface area contributed by atoms with Gasteiger partial charge in [0.15, 0.2) is 0 Å². The number of thiophene rings is 1. The Kier molecular flexibility index (Phi) is 5.01. The SMILES string of the molecule is COCC(C)NC(c1cccs1)C1CCCC1. The highest BCUT2D eigenvalue weighted by molar-refractivity contribution is 7.10. The van der Waals surface area contributed by atoms with Crippen molar-refractivity contribution in [1.29, 1.82) is 0 Å². The van der Waals surface area contributed by atoms with Gasteiger partial charge in [-0.05, 0) is 37.1 Å². The van der Waals surface area contributed by atoms with Crippen molar-refractivity contribution in [3.05, 3.63) is 22.4 Å². The lowest BCUT2D eigenvalue weighted by molar-refractivity contribution is 0.160. The number of ether oxygens (including phenoxy) is 1. The summed E-state index contributed by atoms with van der Waals surface area (Å²) in [5.41, 5.74) is 0. The van der Waals surface area contributed by atoms with E-state index >= 15 is 0 Å². The largest absolute Gasteiger partial charge is 0.383 e. The van der Waals surface area contributed by atoms with E-state index in [2.05, 4.69) is 29.8 Å². The summed E-state index contributed by atoms with van der Waals surface area (Å²) in [4.78, 5) is 1.49. The van der Waals surface area contributed by atoms with Crippen LogP contribution < -0.4 is 5.32 Å². The molecule has 1 aromatic heterocycles. The van der Waals surface area contributed by atoms with Crippen molar-refractivity contribution < 1.29 is 4.74 Å². The van der Waals surface area contributed by atoms with Crippen molar-refractivity contribution in [1.82, 2.24) is 5.32 Å². The zero-order chi connectivity index (χ0) is 12.1. The topological polar surface area (TPSA) is 21.3 Å². The Labute approximate surface area is 108 Å². The van der Waals surface area contributed by atoms with Gasteiger partial charge in [-0.15, -0.1) is 11.3 Å². The lowest BCUT2D eigenvalue weighted by atomic mass is 9.96. The van der Waals surface area contributed by atoms with E-state index in [0.717, 1.165) is 12.5 Å². The third-order valence-electron chi connectivity index (χ3n) is 3.60. The fourth-order valence-corrected chi connectivity index (χ4v) is 3.69. The lowest BCUT2D eigenvalue weighted by Gasteiger charge is -2.27. The molecule has 2 unspecified atom stereocenters. The van der Waals surface area contributed by atoms with Gasteiger partial charge >= 0.3 is 0 Å². The molecule has 0 radical (unpaired) electrons. The van der Waals surface area contributed by atoms with Gasteiger partial charge in [0, 0.05) is 24.1 Å². The Bertz CT molecular complexity index is 306. The smallest absolute Gasteiger partial charge is 0.0613 e. The molecule has 0 bridgehead atoms. The molecule has 1 aliphatic carbocycles. The van der Waals surface area contributed by atoms with Crippen molar-refractivity contribution in [2.24, 2.45) is 5.92 Å². The van der Waals surface area contributed by atoms with Crippen molar-refractivity contribution >= 4 is 11.3 Å². The number of nitrogens with one attached hydrogen (secondary N) is 1. The van der Waals surface area contributed by atoms with Crippen LogP contribution in [-0.2, 0) is 4.74 Å². The van der Waals surface area contributed by atoms with Crippen LogP contribution in [0.5, 0.6) is 0 Å². The summed E-state index contributed by atoms with van der Waals surface area (Å²) in [6, 6.07) is 5.38. The normalized spacial score (nSPS) is 20.6. The van der Waals surface area contributed by atoms with Crippen LogP contribution in [0.25, 0.3) is 0 Å². The quantitative estimate of drug-likeness (QED) is 0.836. The Balaban J connectivity index is 2.02. The van der Waals surface area contributed by atoms with E-state index in [1.165, 1.54) is 30.6 Å². The van der Waals surface area contributed by atoms with Gasteiger partial charge in [0.2, 0.25) is 0 Å². The minimum absolute atomic E-state index is 0.424. The second-order valence-corrected chi connectivity index (χ2v) is 6.04. The van der Waals surface area contributed by atoms with E-state index in [1.807, 2.05) is 11.3 Å². The first-order chi connectivity index (χ1) is 8.31. The molecule has 96 valence electrons. The second kappa shape index (κ2) is 6.53. The molecule has 3 heteroatoms. The molecule has 1 aliphatic rings. The molecule has 0 amide bonds. The summed E-state index contributed by atoms with van der Waals surface area (Å²) in [6.07, 6.45) is 5.53. The van der Waals surface area contributed by atoms with Gasteiger partial charge in [0.1, 0.15) is 0 Å². The van der Waals surface area contributed by atoms with Crippen LogP contribution in [0.1, 0.15) is 43.5 Å². The summed E-state index contributed by atoms with van der Waals surface area (Å²) in [5.74, 6) is 0.813. The zero-order valence-corrected chi connectivity index (χ0v) is 11.6. The van der Waals surface area contributed by atoms with Crippen LogP contribution >= 0.6 is 11.3 Å². The average molecular weight is 253 g/mol. The van der Waals surface area contributed by atoms with Crippen molar-refractivity contribution in [2.45, 2.75) is 44.7 Å². The molecule has 1 aromatic rings. The first-order valence-electron chi connectivity index (χ1n) is 6.59. The molecule has 1 N–H and O–H groups in total. The monoisotopic (exact) mass is 253 g/mol. The highest BCUT2D eigenvalue weighted by Gasteiger charge is 2.27. The molecular formula is C14H23NOS. The Morgan fingerprint density at radius 3 is 2.82 bits per heavy atom. The summed E-state index contributed by atoms with van der Waals surface area (Å²) < 4.78 is 5.23. The Hall–Kier alpha value is -0.380. The summed E-state index contributed by atoms with van der Waals surface area (Å²) in [7, 11) is 1.77. The van der Waals surface area contributed by atoms with Gasteiger partial charge in [-0.2, -0.15) is 0 Å². The molecular weight excluding hydrogens is 230 g/mol. The van der Waals surface area contributed by atoms with E-state index in [-0.39, 0.29) is 0 Å². The molecule has 0 saturated heterocycles. The van der Waals surface area contributed by atoms with E-state index in [1.54, 1.807) is 7.11 Å². The summed E-state index contributed by atoms with van der Waals surface area (Å²) in [5, 5.41) is 5.93. The highest BCUT2D eigenvalue weighted by atomic mass is 32.1. The Morgan fingerprint density at radius 1 is 1.47 bits per heavy atom. The van der Waals surface area contributed by atoms with Gasteiger partial charge in [0.25, 0.3) is 0 Å². The standard InChI is InChI=1S/C14H23NOS/c1-11(10-16-2)15-14(12-6-3-4-7-12)13-8-5-9-17-13/h5,8-9,11-12,14-15H,3-4,6-7,10H2,1-2H3. The van der Waals surface area contributed by atoms with Crippen molar-refractivity contribution in [3.8, 4) is 0 Å². The fourth-order valence-electron chi connectivity index (χ4n) is 2.81. The first kappa shape index (κ1) is 13.1. The van der Waals surface area contributed by atoms with E-state index < -0.39 is 0 Å². The third kappa shape index (κ3) is 3.54. The van der Waals surface area contributed by atoms with Crippen molar-refractivity contribution in [2.75, 3.05) is 13.7 Å². The van der Waals surface area contributed by atoms with Crippen molar-refractivity contribution in [3.63, 3.8) is 0 Å². The average Bonchev–Trinajstić information content (AvgIpc) is 3.00. The van der Waals surface area contributed by atoms with Gasteiger partial charge in [-0.1, -0.05) is 18.9 Å². The summed E-state index contributed by atoms with van der Waals surface area (Å²) >= 11 is 1.87. The Morgan fingerprint density at radius 2 is 2.24 bits per heavy atom. The van der Waals surface area contributed by atoms with Gasteiger partial charge in [-0.25, -0.2) is 0 Å². The molecule has 17 heavy (non-hydrogen) atoms. The predicted octanol–water partition coefficient (Wildman–Crippen LogP) is 3.60. The third-order valence-corrected chi connectivity index (χ3v) is 4.56. The highest BCUT2D eigenvalue weighted by Crippen LogP contribution is 2.37. The minimum atomic E-state index is 0.424. The van der Waals surface area contributed by atoms with Crippen LogP contribution in [0.4, 0.5) is 0 Å². The van der Waals surface area contributed by atoms with Gasteiger partial charge < -0.3 is 10.1 Å². The lowest BCUT2D eigenvalue weighted by Crippen LogP contribution is -2.36. The molecule has 1 saturated carbocycles. The van der Waals surface area contributed by atoms with E-state index in [4.69, 9.17) is 4.74 Å². The van der Waals surface area contributed by atoms with Crippen LogP contribution in [0.15, 0.2) is 17.5 Å². The molecule has 0 aromatic carbocycles. The first-order valence-corrected chi connectivity index (χ1v) is 7.47. The van der Waals surface area contributed by atoms with E-state index in [0.29, 0.717) is 12.1 Å². The molecule has 1 fully saturated rings. The maximum Gasteiger partial charge on any atom is 0.0613 e.